The minimum atomic E-state index is 1.17. The molecule has 1 aromatic carbocycles. The molecule has 1 nitrogen and oxygen atoms in total. The van der Waals surface area contributed by atoms with Crippen molar-refractivity contribution in [3.05, 3.63) is 29.3 Å². The van der Waals surface area contributed by atoms with E-state index < -0.39 is 0 Å². The molecule has 0 N–H and O–H groups in total. The molecule has 1 rings (SSSR count). The minimum Gasteiger partial charge on any atom is -0.372 e. The first-order valence-corrected chi connectivity index (χ1v) is 7.01. The molecule has 0 fully saturated rings. The zero-order valence-corrected chi connectivity index (χ0v) is 11.9. The van der Waals surface area contributed by atoms with Gasteiger partial charge in [0.2, 0.25) is 0 Å². The van der Waals surface area contributed by atoms with Crippen LogP contribution in [-0.2, 0) is 0 Å². The monoisotopic (exact) mass is 233 g/mol. The lowest BCUT2D eigenvalue weighted by molar-refractivity contribution is 0.668. The third kappa shape index (κ3) is 4.41. The van der Waals surface area contributed by atoms with Gasteiger partial charge in [-0.25, -0.2) is 0 Å². The Morgan fingerprint density at radius 3 is 2.24 bits per heavy atom. The van der Waals surface area contributed by atoms with Crippen LogP contribution in [0.2, 0.25) is 0 Å². The Balaban J connectivity index is 2.70. The van der Waals surface area contributed by atoms with Crippen LogP contribution in [0.3, 0.4) is 0 Å². The lowest BCUT2D eigenvalue weighted by Crippen LogP contribution is -2.25. The van der Waals surface area contributed by atoms with Crippen molar-refractivity contribution in [2.45, 2.75) is 53.4 Å². The number of anilines is 1. The Kier molecular flexibility index (Phi) is 6.10. The molecule has 1 heteroatoms. The summed E-state index contributed by atoms with van der Waals surface area (Å²) in [5, 5.41) is 0. The molecule has 0 heterocycles. The molecule has 0 spiro atoms. The third-order valence-corrected chi connectivity index (χ3v) is 3.38. The van der Waals surface area contributed by atoms with E-state index in [4.69, 9.17) is 0 Å². The quantitative estimate of drug-likeness (QED) is 0.616. The van der Waals surface area contributed by atoms with Gasteiger partial charge in [0.25, 0.3) is 0 Å². The molecular formula is C16H27N. The van der Waals surface area contributed by atoms with Crippen molar-refractivity contribution >= 4 is 5.69 Å². The molecule has 0 unspecified atom stereocenters. The summed E-state index contributed by atoms with van der Waals surface area (Å²) in [5.74, 6) is 0. The number of rotatable bonds is 7. The Bertz CT molecular complexity index is 330. The minimum absolute atomic E-state index is 1.17. The maximum absolute atomic E-state index is 2.53. The predicted octanol–water partition coefficient (Wildman–Crippen LogP) is 4.71. The Hall–Kier alpha value is -0.980. The number of hydrogen-bond donors (Lipinski definition) is 0. The lowest BCUT2D eigenvalue weighted by atomic mass is 10.1. The maximum atomic E-state index is 2.53. The van der Waals surface area contributed by atoms with Crippen LogP contribution in [0.5, 0.6) is 0 Å². The molecule has 0 bridgehead atoms. The highest BCUT2D eigenvalue weighted by atomic mass is 15.1. The summed E-state index contributed by atoms with van der Waals surface area (Å²) in [7, 11) is 0. The first-order valence-electron chi connectivity index (χ1n) is 7.01. The van der Waals surface area contributed by atoms with Crippen molar-refractivity contribution in [2.24, 2.45) is 0 Å². The fourth-order valence-electron chi connectivity index (χ4n) is 2.11. The number of aryl methyl sites for hydroxylation is 2. The van der Waals surface area contributed by atoms with Crippen molar-refractivity contribution in [1.82, 2.24) is 0 Å². The summed E-state index contributed by atoms with van der Waals surface area (Å²) in [5.41, 5.74) is 4.18. The fourth-order valence-corrected chi connectivity index (χ4v) is 2.11. The number of benzene rings is 1. The van der Waals surface area contributed by atoms with Crippen LogP contribution in [0, 0.1) is 13.8 Å². The number of hydrogen-bond acceptors (Lipinski definition) is 1. The van der Waals surface area contributed by atoms with Gasteiger partial charge in [-0.15, -0.1) is 0 Å². The molecule has 0 saturated heterocycles. The first-order chi connectivity index (χ1) is 8.19. The predicted molar refractivity (Wildman–Crippen MR) is 77.9 cm³/mol. The van der Waals surface area contributed by atoms with Crippen LogP contribution in [0.15, 0.2) is 18.2 Å². The molecule has 0 atom stereocenters. The molecule has 0 radical (unpaired) electrons. The molecule has 0 saturated carbocycles. The van der Waals surface area contributed by atoms with E-state index in [2.05, 4.69) is 50.8 Å². The second-order valence-corrected chi connectivity index (χ2v) is 4.96. The summed E-state index contributed by atoms with van der Waals surface area (Å²) in [6, 6.07) is 6.84. The Morgan fingerprint density at radius 2 is 1.65 bits per heavy atom. The first kappa shape index (κ1) is 14.1. The highest BCUT2D eigenvalue weighted by molar-refractivity contribution is 5.50. The molecule has 17 heavy (non-hydrogen) atoms. The van der Waals surface area contributed by atoms with E-state index in [0.29, 0.717) is 0 Å². The van der Waals surface area contributed by atoms with Crippen LogP contribution in [0.25, 0.3) is 0 Å². The highest BCUT2D eigenvalue weighted by Gasteiger charge is 2.05. The van der Waals surface area contributed by atoms with Gasteiger partial charge in [-0.05, 0) is 49.9 Å². The smallest absolute Gasteiger partial charge is 0.0369 e. The zero-order valence-electron chi connectivity index (χ0n) is 11.9. The normalized spacial score (nSPS) is 10.6. The van der Waals surface area contributed by atoms with Gasteiger partial charge in [-0.2, -0.15) is 0 Å². The van der Waals surface area contributed by atoms with E-state index in [1.165, 1.54) is 55.6 Å². The Labute approximate surface area is 107 Å². The number of nitrogens with zero attached hydrogens (tertiary/aromatic N) is 1. The van der Waals surface area contributed by atoms with Gasteiger partial charge in [0.1, 0.15) is 0 Å². The molecular weight excluding hydrogens is 206 g/mol. The van der Waals surface area contributed by atoms with E-state index in [0.717, 1.165) is 0 Å². The van der Waals surface area contributed by atoms with Crippen molar-refractivity contribution < 1.29 is 0 Å². The summed E-state index contributed by atoms with van der Waals surface area (Å²) in [6.45, 7) is 11.3. The van der Waals surface area contributed by atoms with Crippen molar-refractivity contribution in [3.8, 4) is 0 Å². The van der Waals surface area contributed by atoms with Crippen LogP contribution >= 0.6 is 0 Å². The van der Waals surface area contributed by atoms with Crippen LogP contribution < -0.4 is 4.90 Å². The van der Waals surface area contributed by atoms with Gasteiger partial charge in [-0.3, -0.25) is 0 Å². The molecule has 0 aliphatic carbocycles. The second kappa shape index (κ2) is 7.37. The average Bonchev–Trinajstić information content (AvgIpc) is 2.32. The van der Waals surface area contributed by atoms with E-state index >= 15 is 0 Å². The largest absolute Gasteiger partial charge is 0.372 e. The highest BCUT2D eigenvalue weighted by Crippen LogP contribution is 2.19. The lowest BCUT2D eigenvalue weighted by Gasteiger charge is -2.25. The zero-order chi connectivity index (χ0) is 12.7. The van der Waals surface area contributed by atoms with Gasteiger partial charge >= 0.3 is 0 Å². The van der Waals surface area contributed by atoms with E-state index in [1.54, 1.807) is 0 Å². The van der Waals surface area contributed by atoms with Crippen LogP contribution in [0.1, 0.15) is 50.7 Å². The molecule has 1 aromatic rings. The molecule has 0 aliphatic rings. The third-order valence-electron chi connectivity index (χ3n) is 3.38. The summed E-state index contributed by atoms with van der Waals surface area (Å²) in [4.78, 5) is 2.53. The molecule has 0 aliphatic heterocycles. The summed E-state index contributed by atoms with van der Waals surface area (Å²) >= 11 is 0. The van der Waals surface area contributed by atoms with Crippen LogP contribution in [0.4, 0.5) is 5.69 Å². The van der Waals surface area contributed by atoms with Crippen molar-refractivity contribution in [2.75, 3.05) is 18.0 Å². The van der Waals surface area contributed by atoms with E-state index in [9.17, 15) is 0 Å². The molecule has 0 amide bonds. The topological polar surface area (TPSA) is 3.24 Å². The van der Waals surface area contributed by atoms with Crippen LogP contribution in [-0.4, -0.2) is 13.1 Å². The fraction of sp³-hybridized carbons (Fsp3) is 0.625. The molecule has 96 valence electrons. The van der Waals surface area contributed by atoms with Gasteiger partial charge < -0.3 is 4.90 Å². The number of unbranched alkanes of at least 4 members (excludes halogenated alkanes) is 2. The van der Waals surface area contributed by atoms with Crippen molar-refractivity contribution in [1.29, 1.82) is 0 Å². The summed E-state index contributed by atoms with van der Waals surface area (Å²) in [6.07, 6.45) is 5.17. The summed E-state index contributed by atoms with van der Waals surface area (Å²) < 4.78 is 0. The van der Waals surface area contributed by atoms with Crippen molar-refractivity contribution in [3.63, 3.8) is 0 Å². The second-order valence-electron chi connectivity index (χ2n) is 4.96. The SMILES string of the molecule is CCCCCN(CCC)c1ccc(C)c(C)c1. The van der Waals surface area contributed by atoms with Gasteiger partial charge in [0.15, 0.2) is 0 Å². The van der Waals surface area contributed by atoms with Gasteiger partial charge in [0.05, 0.1) is 0 Å². The van der Waals surface area contributed by atoms with E-state index in [1.807, 2.05) is 0 Å². The maximum Gasteiger partial charge on any atom is 0.0369 e. The standard InChI is InChI=1S/C16H27N/c1-5-7-8-12-17(11-6-2)16-10-9-14(3)15(4)13-16/h9-10,13H,5-8,11-12H2,1-4H3. The van der Waals surface area contributed by atoms with E-state index in [-0.39, 0.29) is 0 Å². The van der Waals surface area contributed by atoms with Gasteiger partial charge in [-0.1, -0.05) is 32.8 Å². The molecule has 0 aromatic heterocycles. The average molecular weight is 233 g/mol. The van der Waals surface area contributed by atoms with Gasteiger partial charge in [0, 0.05) is 18.8 Å². The Morgan fingerprint density at radius 1 is 0.882 bits per heavy atom.